The molecule has 2 amide bonds. The number of carbonyl (C=O) groups is 4. The Bertz CT molecular complexity index is 6650. The lowest BCUT2D eigenvalue weighted by atomic mass is 9.86. The third kappa shape index (κ3) is 23.8. The van der Waals surface area contributed by atoms with Gasteiger partial charge in [0, 0.05) is 96.6 Å². The fraction of sp³-hybridized carbons (Fsp3) is 0.515. The average Bonchev–Trinajstić information content (AvgIpc) is 1.71. The van der Waals surface area contributed by atoms with E-state index >= 15 is 0 Å². The summed E-state index contributed by atoms with van der Waals surface area (Å²) in [5, 5.41) is 18.0. The Morgan fingerprint density at radius 1 is 0.416 bits per heavy atom. The van der Waals surface area contributed by atoms with E-state index in [-0.39, 0.29) is 123 Å². The molecule has 28 nitrogen and oxygen atoms in total. The molecule has 4 unspecified atom stereocenters. The maximum absolute atomic E-state index is 14.9. The van der Waals surface area contributed by atoms with Crippen LogP contribution in [0, 0.1) is 12.7 Å². The molecule has 7 aliphatic rings. The van der Waals surface area contributed by atoms with Crippen LogP contribution in [0.5, 0.6) is 0 Å². The van der Waals surface area contributed by atoms with Crippen LogP contribution < -0.4 is 9.44 Å². The molecule has 0 aliphatic heterocycles. The molecule has 0 saturated heterocycles. The number of hydrogen-bond acceptors (Lipinski definition) is 22. The summed E-state index contributed by atoms with van der Waals surface area (Å²) < 4.78 is 132. The van der Waals surface area contributed by atoms with Gasteiger partial charge in [-0.3, -0.25) is 47.9 Å². The van der Waals surface area contributed by atoms with Gasteiger partial charge in [0.1, 0.15) is 17.3 Å². The molecule has 2 N–H and O–H groups in total. The average molecular weight is 1970 g/mol. The van der Waals surface area contributed by atoms with Gasteiger partial charge in [-0.15, -0.1) is 0 Å². The summed E-state index contributed by atoms with van der Waals surface area (Å²) in [6.45, 7) is 22.1. The third-order valence-electron chi connectivity index (χ3n) is 27.9. The number of hydrogen-bond donors (Lipinski definition) is 2. The lowest BCUT2D eigenvalue weighted by Crippen LogP contribution is -2.32. The fourth-order valence-electron chi connectivity index (χ4n) is 19.3. The van der Waals surface area contributed by atoms with Crippen LogP contribution in [0.3, 0.4) is 0 Å². The first-order valence-electron chi connectivity index (χ1n) is 48.1. The number of halogens is 2. The Morgan fingerprint density at radius 3 is 1.25 bits per heavy atom. The maximum Gasteiger partial charge on any atom is 0.283 e. The predicted octanol–water partition coefficient (Wildman–Crippen LogP) is 16.3. The molecule has 3 saturated carbocycles. The van der Waals surface area contributed by atoms with Gasteiger partial charge in [-0.05, 0) is 375 Å². The molecular weight excluding hydrogens is 1840 g/mol. The molecule has 137 heavy (non-hydrogen) atoms. The van der Waals surface area contributed by atoms with Gasteiger partial charge in [0.05, 0.1) is 53.7 Å². The van der Waals surface area contributed by atoms with Crippen LogP contribution in [-0.4, -0.2) is 194 Å². The van der Waals surface area contributed by atoms with Gasteiger partial charge in [0.15, 0.2) is 31.7 Å². The standard InChI is InChI=1S/C27H33N5O3S.C26H30FN5O3S.C25H38ClN3O3S.C25H33N3O3S/c1-17-14-20(12-13-28-17)23-11-8-19-6-5-7-22(19)24(23)15-26(33)30-36(34,35)27-16-25(18(2)31(3)4)32(29-27)21-9-10-21;1-16(31(2)3)24-15-26(29-32(24)18-7-8-18)36(34,35)30-25(33)14-22-19-5-4-6-20(19)23(27)13-21(22)17-9-11-28-12-10-17;1-15(2)21-10-19(26)11-22(16(3)4)23(21)12-20(30)14-33(31,32)25-13-24(18(7)28(8)9)29(27-25)17(5)6;1-16(27(2)3)24-14-25(26-28(24)19-10-11-19)32(30,31)15-20(29)13-23-21-8-4-6-17(21)12-18-7-5-9-22(18)23/h8,11-14,16,18,21H,5-7,9-10,15H2,1-4H3,(H,30,33);9-13,15-16,18H,4-8,14H2,1-3H3,(H,30,33);10-11,13,15-18H,12,14H2,1-9H3;12,14,16,19H,4-11,13,15H2,1-3H3. The summed E-state index contributed by atoms with van der Waals surface area (Å²) in [5.41, 5.74) is 22.2. The molecular formula is C103H134ClFN16O12S4. The third-order valence-corrected chi connectivity index (χ3v) is 33.7. The van der Waals surface area contributed by atoms with Crippen LogP contribution in [0.1, 0.15) is 300 Å². The molecule has 0 spiro atoms. The number of nitrogens with zero attached hydrogens (tertiary/aromatic N) is 14. The summed E-state index contributed by atoms with van der Waals surface area (Å²) >= 11 is 6.33. The normalized spacial score (nSPS) is 16.2. The molecule has 0 radical (unpaired) electrons. The second-order valence-corrected chi connectivity index (χ2v) is 47.6. The lowest BCUT2D eigenvalue weighted by Gasteiger charge is -2.22. The van der Waals surface area contributed by atoms with Gasteiger partial charge < -0.3 is 19.6 Å². The van der Waals surface area contributed by atoms with Crippen molar-refractivity contribution in [2.75, 3.05) is 67.9 Å². The van der Waals surface area contributed by atoms with Gasteiger partial charge in [0.25, 0.3) is 20.0 Å². The number of aryl methyl sites for hydroxylation is 4. The zero-order valence-electron chi connectivity index (χ0n) is 82.6. The molecule has 4 aromatic carbocycles. The second kappa shape index (κ2) is 42.3. The van der Waals surface area contributed by atoms with Crippen LogP contribution in [0.25, 0.3) is 22.3 Å². The van der Waals surface area contributed by atoms with E-state index in [2.05, 4.69) is 51.9 Å². The minimum Gasteiger partial charge on any atom is -0.301 e. The Morgan fingerprint density at radius 2 is 0.803 bits per heavy atom. The number of sulfonamides is 2. The number of Topliss-reactive ketones (excluding diaryl/α,β-unsaturated/α-hetero) is 2. The molecule has 3 fully saturated rings. The number of benzene rings is 4. The number of aromatic nitrogens is 10. The van der Waals surface area contributed by atoms with Crippen molar-refractivity contribution in [3.05, 3.63) is 221 Å². The minimum atomic E-state index is -4.18. The highest BCUT2D eigenvalue weighted by atomic mass is 35.5. The van der Waals surface area contributed by atoms with Crippen LogP contribution in [0.4, 0.5) is 4.39 Å². The largest absolute Gasteiger partial charge is 0.301 e. The maximum atomic E-state index is 14.9. The zero-order valence-corrected chi connectivity index (χ0v) is 86.6. The first kappa shape index (κ1) is 103. The number of fused-ring (bicyclic) bond motifs is 4. The smallest absolute Gasteiger partial charge is 0.283 e. The van der Waals surface area contributed by atoms with Crippen molar-refractivity contribution in [1.29, 1.82) is 0 Å². The van der Waals surface area contributed by atoms with Gasteiger partial charge >= 0.3 is 0 Å². The van der Waals surface area contributed by atoms with Crippen LogP contribution in [0.2, 0.25) is 5.02 Å². The van der Waals surface area contributed by atoms with E-state index in [1.165, 1.54) is 33.9 Å². The van der Waals surface area contributed by atoms with Crippen LogP contribution in [0.15, 0.2) is 124 Å². The van der Waals surface area contributed by atoms with Crippen molar-refractivity contribution in [2.45, 2.75) is 298 Å². The quantitative estimate of drug-likeness (QED) is 0.0378. The highest BCUT2D eigenvalue weighted by Gasteiger charge is 2.39. The molecule has 34 heteroatoms. The Labute approximate surface area is 813 Å². The molecule has 4 atom stereocenters. The van der Waals surface area contributed by atoms with E-state index < -0.39 is 63.0 Å². The molecule has 736 valence electrons. The number of ketones is 2. The summed E-state index contributed by atoms with van der Waals surface area (Å²) in [6.07, 6.45) is 22.4. The van der Waals surface area contributed by atoms with Gasteiger partial charge in [0.2, 0.25) is 31.5 Å². The monoisotopic (exact) mass is 1970 g/mol. The van der Waals surface area contributed by atoms with E-state index in [9.17, 15) is 57.2 Å². The van der Waals surface area contributed by atoms with Gasteiger partial charge in [-0.1, -0.05) is 57.5 Å². The number of sulfone groups is 2. The number of rotatable bonds is 34. The first-order valence-corrected chi connectivity index (χ1v) is 54.8. The van der Waals surface area contributed by atoms with Crippen molar-refractivity contribution in [3.8, 4) is 22.3 Å². The van der Waals surface area contributed by atoms with Crippen molar-refractivity contribution >= 4 is 74.7 Å². The van der Waals surface area contributed by atoms with Crippen LogP contribution in [-0.2, 0) is 136 Å². The van der Waals surface area contributed by atoms with Crippen molar-refractivity contribution < 1.29 is 57.2 Å². The topological polar surface area (TPSA) is 339 Å². The van der Waals surface area contributed by atoms with E-state index in [1.54, 1.807) is 64.4 Å². The SMILES string of the molecule is CC(C)c1cc(Cl)cc(C(C)C)c1CC(=O)CS(=O)(=O)c1cc(C(C)N(C)C)n(C(C)C)n1.CC(c1cc(S(=O)(=O)CC(=O)Cc2c3c(cc4c2CCC4)CCC3)nn1C1CC1)N(C)C.CC(c1cc(S(=O)(=O)NC(=O)Cc2c(-c3ccncc3)cc(F)c3c2CCC3)nn1C1CC1)N(C)C.Cc1cc(-c2ccc3c(c2CC(=O)NS(=O)(=O)c2cc(C(C)N(C)C)n(C4CC4)n2)CCC3)ccn1. The highest BCUT2D eigenvalue weighted by Crippen LogP contribution is 2.45. The fourth-order valence-corrected chi connectivity index (χ4v) is 23.8. The van der Waals surface area contributed by atoms with Crippen molar-refractivity contribution in [2.24, 2.45) is 0 Å². The Kier molecular flexibility index (Phi) is 31.8. The van der Waals surface area contributed by atoms with Crippen molar-refractivity contribution in [3.63, 3.8) is 0 Å². The molecule has 6 aromatic heterocycles. The van der Waals surface area contributed by atoms with E-state index in [0.29, 0.717) is 34.6 Å². The summed E-state index contributed by atoms with van der Waals surface area (Å²) in [6, 6.07) is 26.3. The van der Waals surface area contributed by atoms with E-state index in [1.807, 2.05) is 192 Å². The number of pyridine rings is 2. The van der Waals surface area contributed by atoms with Crippen molar-refractivity contribution in [1.82, 2.24) is 78.1 Å². The first-order chi connectivity index (χ1) is 64.7. The van der Waals surface area contributed by atoms with Gasteiger partial charge in [-0.2, -0.15) is 37.2 Å². The molecule has 10 aromatic rings. The predicted molar refractivity (Wildman–Crippen MR) is 530 cm³/mol. The summed E-state index contributed by atoms with van der Waals surface area (Å²) in [4.78, 5) is 68.8. The number of carbonyl (C=O) groups excluding carboxylic acids is 4. The minimum absolute atomic E-state index is 0.00156. The molecule has 6 heterocycles. The zero-order chi connectivity index (χ0) is 99.1. The highest BCUT2D eigenvalue weighted by molar-refractivity contribution is 7.92. The van der Waals surface area contributed by atoms with E-state index in [4.69, 9.17) is 11.6 Å². The lowest BCUT2D eigenvalue weighted by molar-refractivity contribution is -0.119. The van der Waals surface area contributed by atoms with Gasteiger partial charge in [-0.25, -0.2) is 30.7 Å². The molecule has 0 bridgehead atoms. The number of amides is 2. The molecule has 7 aliphatic carbocycles. The number of nitrogens with one attached hydrogen (secondary N) is 2. The molecule has 17 rings (SSSR count). The Balaban J connectivity index is 0.000000146. The summed E-state index contributed by atoms with van der Waals surface area (Å²) in [5.74, 6) is -2.79. The Hall–Kier alpha value is -9.84. The van der Waals surface area contributed by atoms with E-state index in [0.717, 1.165) is 187 Å². The van der Waals surface area contributed by atoms with Crippen LogP contribution >= 0.6 is 11.6 Å². The second-order valence-electron chi connectivity index (χ2n) is 40.0. The summed E-state index contributed by atoms with van der Waals surface area (Å²) in [7, 11) is -0.367.